The lowest BCUT2D eigenvalue weighted by molar-refractivity contribution is 0.321. The maximum atomic E-state index is 4.57. The van der Waals surface area contributed by atoms with Gasteiger partial charge in [0.25, 0.3) is 0 Å². The summed E-state index contributed by atoms with van der Waals surface area (Å²) in [5.41, 5.74) is 2.57. The normalized spacial score (nSPS) is 18.4. The van der Waals surface area contributed by atoms with E-state index in [1.54, 1.807) is 0 Å². The van der Waals surface area contributed by atoms with Crippen LogP contribution in [0.5, 0.6) is 0 Å². The van der Waals surface area contributed by atoms with Crippen molar-refractivity contribution in [2.75, 3.05) is 13.6 Å². The number of nitrogens with one attached hydrogen (secondary N) is 1. The molecule has 0 amide bonds. The maximum absolute atomic E-state index is 4.57. The van der Waals surface area contributed by atoms with E-state index >= 15 is 0 Å². The molecule has 3 nitrogen and oxygen atoms in total. The Bertz CT molecular complexity index is 364. The first-order valence-electron chi connectivity index (χ1n) is 7.42. The van der Waals surface area contributed by atoms with Gasteiger partial charge < -0.3 is 5.32 Å². The quantitative estimate of drug-likeness (QED) is 0.840. The van der Waals surface area contributed by atoms with Gasteiger partial charge in [0.05, 0.1) is 5.69 Å². The van der Waals surface area contributed by atoms with Gasteiger partial charge >= 0.3 is 0 Å². The first-order chi connectivity index (χ1) is 8.74. The second kappa shape index (κ2) is 6.37. The summed E-state index contributed by atoms with van der Waals surface area (Å²) in [5, 5.41) is 7.94. The van der Waals surface area contributed by atoms with Crippen LogP contribution in [0.3, 0.4) is 0 Å². The molecule has 1 aromatic heterocycles. The minimum atomic E-state index is 0.777. The Morgan fingerprint density at radius 3 is 2.78 bits per heavy atom. The van der Waals surface area contributed by atoms with Crippen LogP contribution in [0.2, 0.25) is 0 Å². The van der Waals surface area contributed by atoms with Gasteiger partial charge in [0.15, 0.2) is 0 Å². The Kier molecular flexibility index (Phi) is 4.81. The van der Waals surface area contributed by atoms with Gasteiger partial charge in [0.2, 0.25) is 0 Å². The highest BCUT2D eigenvalue weighted by Crippen LogP contribution is 2.33. The van der Waals surface area contributed by atoms with E-state index in [0.717, 1.165) is 30.6 Å². The third kappa shape index (κ3) is 3.14. The van der Waals surface area contributed by atoms with E-state index in [-0.39, 0.29) is 0 Å². The number of hydrogen-bond acceptors (Lipinski definition) is 2. The molecule has 0 aliphatic heterocycles. The zero-order chi connectivity index (χ0) is 13.0. The van der Waals surface area contributed by atoms with Gasteiger partial charge in [-0.05, 0) is 51.8 Å². The van der Waals surface area contributed by atoms with Crippen molar-refractivity contribution in [1.29, 1.82) is 0 Å². The summed E-state index contributed by atoms with van der Waals surface area (Å²) in [6.07, 6.45) is 6.88. The van der Waals surface area contributed by atoms with Crippen LogP contribution in [0.25, 0.3) is 0 Å². The number of aromatic nitrogens is 2. The SMILES string of the molecule is CCn1nc(C)cc1CC(CNC)C1CCCC1. The topological polar surface area (TPSA) is 29.9 Å². The standard InChI is InChI=1S/C15H27N3/c1-4-18-15(9-12(2)17-18)10-14(11-16-3)13-7-5-6-8-13/h9,13-14,16H,4-8,10-11H2,1-3H3. The molecule has 1 saturated carbocycles. The average Bonchev–Trinajstić information content (AvgIpc) is 2.97. The van der Waals surface area contributed by atoms with E-state index in [0.29, 0.717) is 0 Å². The number of nitrogens with zero attached hydrogens (tertiary/aromatic N) is 2. The molecule has 0 bridgehead atoms. The smallest absolute Gasteiger partial charge is 0.0596 e. The zero-order valence-corrected chi connectivity index (χ0v) is 12.1. The molecule has 0 aromatic carbocycles. The van der Waals surface area contributed by atoms with Crippen molar-refractivity contribution in [2.24, 2.45) is 11.8 Å². The van der Waals surface area contributed by atoms with E-state index in [2.05, 4.69) is 42.1 Å². The molecule has 2 rings (SSSR count). The fraction of sp³-hybridized carbons (Fsp3) is 0.800. The molecule has 3 heteroatoms. The summed E-state index contributed by atoms with van der Waals surface area (Å²) in [5.74, 6) is 1.69. The van der Waals surface area contributed by atoms with Gasteiger partial charge in [-0.3, -0.25) is 4.68 Å². The summed E-state index contributed by atoms with van der Waals surface area (Å²) in [6.45, 7) is 6.40. The molecule has 1 heterocycles. The highest BCUT2D eigenvalue weighted by atomic mass is 15.3. The van der Waals surface area contributed by atoms with E-state index in [1.807, 2.05) is 0 Å². The Hall–Kier alpha value is -0.830. The number of rotatable bonds is 6. The lowest BCUT2D eigenvalue weighted by Crippen LogP contribution is -2.27. The van der Waals surface area contributed by atoms with Crippen LogP contribution < -0.4 is 5.32 Å². The Balaban J connectivity index is 2.06. The molecular formula is C15H27N3. The van der Waals surface area contributed by atoms with E-state index < -0.39 is 0 Å². The first-order valence-corrected chi connectivity index (χ1v) is 7.42. The van der Waals surface area contributed by atoms with E-state index in [4.69, 9.17) is 0 Å². The molecule has 102 valence electrons. The molecule has 0 saturated heterocycles. The molecule has 1 fully saturated rings. The molecule has 18 heavy (non-hydrogen) atoms. The van der Waals surface area contributed by atoms with Crippen LogP contribution in [-0.4, -0.2) is 23.4 Å². The number of hydrogen-bond donors (Lipinski definition) is 1. The molecule has 1 N–H and O–H groups in total. The fourth-order valence-corrected chi connectivity index (χ4v) is 3.40. The van der Waals surface area contributed by atoms with Crippen LogP contribution >= 0.6 is 0 Å². The molecule has 0 spiro atoms. The molecule has 1 unspecified atom stereocenters. The summed E-state index contributed by atoms with van der Waals surface area (Å²) >= 11 is 0. The second-order valence-electron chi connectivity index (χ2n) is 5.66. The highest BCUT2D eigenvalue weighted by Gasteiger charge is 2.25. The van der Waals surface area contributed by atoms with Crippen molar-refractivity contribution in [2.45, 2.75) is 52.5 Å². The second-order valence-corrected chi connectivity index (χ2v) is 5.66. The van der Waals surface area contributed by atoms with Gasteiger partial charge in [0, 0.05) is 12.2 Å². The van der Waals surface area contributed by atoms with Crippen molar-refractivity contribution in [3.05, 3.63) is 17.5 Å². The molecule has 1 atom stereocenters. The first kappa shape index (κ1) is 13.6. The fourth-order valence-electron chi connectivity index (χ4n) is 3.40. The van der Waals surface area contributed by atoms with Crippen LogP contribution in [0, 0.1) is 18.8 Å². The van der Waals surface area contributed by atoms with Crippen LogP contribution in [-0.2, 0) is 13.0 Å². The van der Waals surface area contributed by atoms with Crippen molar-refractivity contribution < 1.29 is 0 Å². The molecule has 1 aliphatic rings. The molecule has 1 aliphatic carbocycles. The third-order valence-electron chi connectivity index (χ3n) is 4.29. The number of aryl methyl sites for hydroxylation is 2. The highest BCUT2D eigenvalue weighted by molar-refractivity contribution is 5.10. The minimum absolute atomic E-state index is 0.777. The van der Waals surface area contributed by atoms with Crippen LogP contribution in [0.1, 0.15) is 44.0 Å². The Labute approximate surface area is 111 Å². The van der Waals surface area contributed by atoms with Crippen LogP contribution in [0.4, 0.5) is 0 Å². The van der Waals surface area contributed by atoms with Gasteiger partial charge in [-0.2, -0.15) is 5.10 Å². The minimum Gasteiger partial charge on any atom is -0.319 e. The van der Waals surface area contributed by atoms with Crippen molar-refractivity contribution in [1.82, 2.24) is 15.1 Å². The third-order valence-corrected chi connectivity index (χ3v) is 4.29. The Morgan fingerprint density at radius 1 is 1.44 bits per heavy atom. The van der Waals surface area contributed by atoms with Crippen molar-refractivity contribution >= 4 is 0 Å². The predicted molar refractivity (Wildman–Crippen MR) is 75.7 cm³/mol. The van der Waals surface area contributed by atoms with Crippen molar-refractivity contribution in [3.63, 3.8) is 0 Å². The van der Waals surface area contributed by atoms with Gasteiger partial charge in [0.1, 0.15) is 0 Å². The summed E-state index contributed by atoms with van der Waals surface area (Å²) in [4.78, 5) is 0. The van der Waals surface area contributed by atoms with Gasteiger partial charge in [-0.25, -0.2) is 0 Å². The maximum Gasteiger partial charge on any atom is 0.0596 e. The summed E-state index contributed by atoms with van der Waals surface area (Å²) in [6, 6.07) is 2.26. The molecular weight excluding hydrogens is 222 g/mol. The Morgan fingerprint density at radius 2 is 2.17 bits per heavy atom. The van der Waals surface area contributed by atoms with E-state index in [1.165, 1.54) is 37.8 Å². The monoisotopic (exact) mass is 249 g/mol. The van der Waals surface area contributed by atoms with Gasteiger partial charge in [-0.1, -0.05) is 25.7 Å². The summed E-state index contributed by atoms with van der Waals surface area (Å²) in [7, 11) is 2.07. The summed E-state index contributed by atoms with van der Waals surface area (Å²) < 4.78 is 2.17. The molecule has 0 radical (unpaired) electrons. The predicted octanol–water partition coefficient (Wildman–Crippen LogP) is 2.78. The van der Waals surface area contributed by atoms with E-state index in [9.17, 15) is 0 Å². The van der Waals surface area contributed by atoms with Crippen molar-refractivity contribution in [3.8, 4) is 0 Å². The molecule has 1 aromatic rings. The largest absolute Gasteiger partial charge is 0.319 e. The lowest BCUT2D eigenvalue weighted by atomic mass is 9.87. The van der Waals surface area contributed by atoms with Gasteiger partial charge in [-0.15, -0.1) is 0 Å². The average molecular weight is 249 g/mol. The lowest BCUT2D eigenvalue weighted by Gasteiger charge is -2.23. The zero-order valence-electron chi connectivity index (χ0n) is 12.1. The van der Waals surface area contributed by atoms with Crippen LogP contribution in [0.15, 0.2) is 6.07 Å².